The number of carbonyl (C=O) groups is 2. The molecular weight excluding hydrogens is 628 g/mol. The summed E-state index contributed by atoms with van der Waals surface area (Å²) in [6.45, 7) is 12.6. The summed E-state index contributed by atoms with van der Waals surface area (Å²) in [5.41, 5.74) is 10.9. The van der Waals surface area contributed by atoms with E-state index in [1.165, 1.54) is 0 Å². The number of nitrogens with zero attached hydrogens (tertiary/aromatic N) is 4. The molecule has 0 aliphatic carbocycles. The van der Waals surface area contributed by atoms with E-state index in [-0.39, 0.29) is 24.3 Å². The lowest BCUT2D eigenvalue weighted by atomic mass is 9.98. The topological polar surface area (TPSA) is 126 Å². The monoisotopic (exact) mass is 676 g/mol. The number of nitrogens with two attached hydrogens (primary N) is 1. The van der Waals surface area contributed by atoms with Gasteiger partial charge in [0.1, 0.15) is 17.0 Å². The van der Waals surface area contributed by atoms with Gasteiger partial charge in [-0.15, -0.1) is 0 Å². The number of amides is 2. The van der Waals surface area contributed by atoms with E-state index in [0.29, 0.717) is 18.8 Å². The van der Waals surface area contributed by atoms with Crippen molar-refractivity contribution < 1.29 is 19.1 Å². The van der Waals surface area contributed by atoms with Gasteiger partial charge in [0.2, 0.25) is 0 Å². The van der Waals surface area contributed by atoms with Crippen molar-refractivity contribution in [2.24, 2.45) is 10.7 Å². The van der Waals surface area contributed by atoms with Crippen molar-refractivity contribution >= 4 is 34.9 Å². The Morgan fingerprint density at radius 3 is 2.08 bits per heavy atom. The molecule has 4 aromatic rings. The van der Waals surface area contributed by atoms with Crippen LogP contribution in [-0.2, 0) is 9.47 Å². The summed E-state index contributed by atoms with van der Waals surface area (Å²) in [5, 5.41) is 2.25. The van der Waals surface area contributed by atoms with Crippen LogP contribution in [0.5, 0.6) is 0 Å². The smallest absolute Gasteiger partial charge is 0.410 e. The van der Waals surface area contributed by atoms with Gasteiger partial charge in [-0.25, -0.2) is 14.6 Å². The maximum absolute atomic E-state index is 12.8. The molecular formula is C40H48N6O4. The third-order valence-electron chi connectivity index (χ3n) is 8.89. The number of H-pyrrole nitrogens is 1. The van der Waals surface area contributed by atoms with E-state index in [2.05, 4.69) is 63.5 Å². The van der Waals surface area contributed by atoms with Crippen LogP contribution in [0.4, 0.5) is 9.59 Å². The van der Waals surface area contributed by atoms with Crippen LogP contribution >= 0.6 is 0 Å². The van der Waals surface area contributed by atoms with Gasteiger partial charge < -0.3 is 25.1 Å². The number of aromatic amines is 1. The third kappa shape index (κ3) is 8.18. The molecule has 0 bridgehead atoms. The van der Waals surface area contributed by atoms with Gasteiger partial charge in [-0.3, -0.25) is 9.89 Å². The predicted molar refractivity (Wildman–Crippen MR) is 198 cm³/mol. The molecule has 262 valence electrons. The molecule has 2 saturated heterocycles. The molecule has 2 atom stereocenters. The molecule has 2 fully saturated rings. The summed E-state index contributed by atoms with van der Waals surface area (Å²) >= 11 is 0. The van der Waals surface area contributed by atoms with Crippen molar-refractivity contribution in [1.29, 1.82) is 0 Å². The molecule has 3 N–H and O–H groups in total. The van der Waals surface area contributed by atoms with Gasteiger partial charge >= 0.3 is 12.2 Å². The highest BCUT2D eigenvalue weighted by Gasteiger charge is 2.35. The van der Waals surface area contributed by atoms with Gasteiger partial charge in [0, 0.05) is 24.9 Å². The Morgan fingerprint density at radius 2 is 1.40 bits per heavy atom. The van der Waals surface area contributed by atoms with Crippen molar-refractivity contribution in [3.8, 4) is 22.4 Å². The second-order valence-corrected chi connectivity index (χ2v) is 15.1. The first-order chi connectivity index (χ1) is 23.7. The first-order valence-corrected chi connectivity index (χ1v) is 17.4. The van der Waals surface area contributed by atoms with Crippen molar-refractivity contribution in [3.63, 3.8) is 0 Å². The molecule has 2 aliphatic rings. The minimum atomic E-state index is -0.542. The van der Waals surface area contributed by atoms with Gasteiger partial charge in [-0.05, 0) is 107 Å². The maximum Gasteiger partial charge on any atom is 0.410 e. The summed E-state index contributed by atoms with van der Waals surface area (Å²) in [5.74, 6) is 0.781. The van der Waals surface area contributed by atoms with Gasteiger partial charge in [0.15, 0.2) is 0 Å². The normalized spacial score (nSPS) is 18.7. The molecule has 3 aromatic carbocycles. The zero-order valence-electron chi connectivity index (χ0n) is 29.9. The van der Waals surface area contributed by atoms with Gasteiger partial charge in [-0.2, -0.15) is 0 Å². The van der Waals surface area contributed by atoms with Gasteiger partial charge in [-0.1, -0.05) is 48.5 Å². The highest BCUT2D eigenvalue weighted by atomic mass is 16.6. The number of aromatic nitrogens is 2. The highest BCUT2D eigenvalue weighted by molar-refractivity contribution is 5.90. The predicted octanol–water partition coefficient (Wildman–Crippen LogP) is 8.70. The van der Waals surface area contributed by atoms with Crippen molar-refractivity contribution in [2.75, 3.05) is 13.1 Å². The molecule has 0 unspecified atom stereocenters. The molecule has 6 rings (SSSR count). The van der Waals surface area contributed by atoms with E-state index in [1.54, 1.807) is 22.2 Å². The van der Waals surface area contributed by atoms with Crippen LogP contribution in [0.3, 0.4) is 0 Å². The van der Waals surface area contributed by atoms with E-state index in [1.807, 2.05) is 59.9 Å². The lowest BCUT2D eigenvalue weighted by Gasteiger charge is -2.27. The average molecular weight is 677 g/mol. The van der Waals surface area contributed by atoms with Crippen LogP contribution in [0.1, 0.15) is 84.7 Å². The zero-order valence-corrected chi connectivity index (χ0v) is 29.9. The minimum absolute atomic E-state index is 0.106. The summed E-state index contributed by atoms with van der Waals surface area (Å²) in [4.78, 5) is 41.5. The third-order valence-corrected chi connectivity index (χ3v) is 8.89. The Balaban J connectivity index is 1.11. The fraction of sp³-hybridized carbons (Fsp3) is 0.400. The lowest BCUT2D eigenvalue weighted by Crippen LogP contribution is -2.40. The molecule has 50 heavy (non-hydrogen) atoms. The van der Waals surface area contributed by atoms with Crippen LogP contribution in [0, 0.1) is 0 Å². The molecule has 1 aromatic heterocycles. The average Bonchev–Trinajstić information content (AvgIpc) is 3.84. The molecule has 0 saturated carbocycles. The molecule has 0 radical (unpaired) electrons. The number of hydrogen-bond donors (Lipinski definition) is 2. The molecule has 3 heterocycles. The first-order valence-electron chi connectivity index (χ1n) is 17.4. The Kier molecular flexibility index (Phi) is 9.73. The number of aliphatic imine (C=N–C) groups is 1. The second kappa shape index (κ2) is 14.0. The summed E-state index contributed by atoms with van der Waals surface area (Å²) < 4.78 is 11.2. The Labute approximate surface area is 294 Å². The summed E-state index contributed by atoms with van der Waals surface area (Å²) in [7, 11) is 0. The van der Waals surface area contributed by atoms with Crippen molar-refractivity contribution in [2.45, 2.75) is 90.5 Å². The molecule has 10 heteroatoms. The molecule has 2 amide bonds. The van der Waals surface area contributed by atoms with Crippen LogP contribution < -0.4 is 5.73 Å². The Hall–Kier alpha value is -5.12. The summed E-state index contributed by atoms with van der Waals surface area (Å²) in [6.07, 6.45) is 8.17. The van der Waals surface area contributed by atoms with Crippen LogP contribution in [0.25, 0.3) is 38.9 Å². The number of nitrogens with one attached hydrogen (secondary N) is 1. The number of ether oxygens (including phenoxy) is 2. The Morgan fingerprint density at radius 1 is 0.820 bits per heavy atom. The quantitative estimate of drug-likeness (QED) is 0.197. The molecule has 0 spiro atoms. The number of hydrogen-bond acceptors (Lipinski definition) is 7. The fourth-order valence-corrected chi connectivity index (χ4v) is 6.48. The van der Waals surface area contributed by atoms with Crippen LogP contribution in [0.15, 0.2) is 78.1 Å². The van der Waals surface area contributed by atoms with Crippen LogP contribution in [-0.4, -0.2) is 68.5 Å². The SMILES string of the molecule is CC(C)(C)OC(=O)N1CCC[C@H]1C=N/C=C(\N)c1ccc(-c2ccc3cc(-c4cnc([C@@H]5CCCN5C(=O)OC(C)(C)C)[nH]4)ccc3c2)cc1. The van der Waals surface area contributed by atoms with E-state index < -0.39 is 11.2 Å². The van der Waals surface area contributed by atoms with E-state index in [9.17, 15) is 9.59 Å². The highest BCUT2D eigenvalue weighted by Crippen LogP contribution is 2.34. The lowest BCUT2D eigenvalue weighted by molar-refractivity contribution is 0.0216. The van der Waals surface area contributed by atoms with Crippen molar-refractivity contribution in [1.82, 2.24) is 19.8 Å². The van der Waals surface area contributed by atoms with Gasteiger partial charge in [0.25, 0.3) is 0 Å². The fourth-order valence-electron chi connectivity index (χ4n) is 6.48. The Bertz CT molecular complexity index is 1910. The van der Waals surface area contributed by atoms with E-state index in [0.717, 1.165) is 70.2 Å². The van der Waals surface area contributed by atoms with Crippen molar-refractivity contribution in [3.05, 3.63) is 84.4 Å². The number of imidazole rings is 1. The maximum atomic E-state index is 12.8. The van der Waals surface area contributed by atoms with E-state index >= 15 is 0 Å². The second-order valence-electron chi connectivity index (χ2n) is 15.1. The molecule has 2 aliphatic heterocycles. The zero-order chi connectivity index (χ0) is 35.6. The van der Waals surface area contributed by atoms with Gasteiger partial charge in [0.05, 0.1) is 35.9 Å². The van der Waals surface area contributed by atoms with E-state index in [4.69, 9.17) is 15.2 Å². The molecule has 10 nitrogen and oxygen atoms in total. The largest absolute Gasteiger partial charge is 0.444 e. The minimum Gasteiger partial charge on any atom is -0.444 e. The first kappa shape index (κ1) is 34.7. The number of rotatable bonds is 6. The number of fused-ring (bicyclic) bond motifs is 1. The van der Waals surface area contributed by atoms with Crippen LogP contribution in [0.2, 0.25) is 0 Å². The summed E-state index contributed by atoms with van der Waals surface area (Å²) in [6, 6.07) is 20.7. The standard InChI is InChI=1S/C40H48N6O4/c1-39(2,3)49-37(47)45-19-7-9-32(45)23-42-24-33(41)27-13-11-26(12-14-27)28-15-16-30-22-31(18-17-29(30)21-28)34-25-43-36(44-34)35-10-8-20-46(35)38(48)50-40(4,5)6/h11-18,21-25,32,35H,7-10,19-20,41H2,1-6H3,(H,43,44)/b33-24-,42-23?/t32-,35-/m0/s1. The number of likely N-dealkylation sites (tertiary alicyclic amines) is 2. The number of benzene rings is 3. The number of carbonyl (C=O) groups excluding carboxylic acids is 2.